The van der Waals surface area contributed by atoms with Crippen LogP contribution in [0.15, 0.2) is 91.2 Å². The minimum absolute atomic E-state index is 0.00293. The summed E-state index contributed by atoms with van der Waals surface area (Å²) in [5.74, 6) is -1.40. The van der Waals surface area contributed by atoms with Gasteiger partial charge in [0.1, 0.15) is 18.2 Å². The molecule has 483 valence electrons. The summed E-state index contributed by atoms with van der Waals surface area (Å²) in [6.45, 7) is 9.90. The molecular formula is C69H79N10O12S. The lowest BCUT2D eigenvalue weighted by Crippen LogP contribution is -2.64. The van der Waals surface area contributed by atoms with Crippen molar-refractivity contribution in [2.45, 2.75) is 117 Å². The minimum atomic E-state index is -1.16. The van der Waals surface area contributed by atoms with Crippen molar-refractivity contribution in [1.29, 1.82) is 0 Å². The molecule has 0 saturated heterocycles. The molecule has 4 fully saturated rings. The summed E-state index contributed by atoms with van der Waals surface area (Å²) in [5, 5.41) is 24.8. The molecule has 4 bridgehead atoms. The Morgan fingerprint density at radius 3 is 2.38 bits per heavy atom. The van der Waals surface area contributed by atoms with Crippen molar-refractivity contribution in [2.24, 2.45) is 16.2 Å². The van der Waals surface area contributed by atoms with Gasteiger partial charge in [-0.1, -0.05) is 61.9 Å². The fraction of sp³-hybridized carbons (Fsp3) is 0.449. The maximum atomic E-state index is 13.9. The zero-order valence-electron chi connectivity index (χ0n) is 52.8. The summed E-state index contributed by atoms with van der Waals surface area (Å²) >= 11 is 1.40. The molecule has 3 aromatic heterocycles. The highest BCUT2D eigenvalue weighted by molar-refractivity contribution is 7.22. The fourth-order valence-electron chi connectivity index (χ4n) is 15.6. The summed E-state index contributed by atoms with van der Waals surface area (Å²) in [4.78, 5) is 103. The van der Waals surface area contributed by atoms with E-state index in [-0.39, 0.29) is 77.5 Å². The molecule has 4 aliphatic carbocycles. The third-order valence-corrected chi connectivity index (χ3v) is 19.4. The molecule has 12 rings (SSSR count). The van der Waals surface area contributed by atoms with Crippen molar-refractivity contribution in [1.82, 2.24) is 34.9 Å². The monoisotopic (exact) mass is 1270 g/mol. The van der Waals surface area contributed by atoms with Gasteiger partial charge in [-0.15, -0.1) is 0 Å². The number of hydrogen-bond acceptors (Lipinski definition) is 16. The normalized spacial score (nSPS) is 21.3. The van der Waals surface area contributed by atoms with E-state index in [2.05, 4.69) is 40.8 Å². The summed E-state index contributed by atoms with van der Waals surface area (Å²) in [6, 6.07) is 23.2. The summed E-state index contributed by atoms with van der Waals surface area (Å²) in [5.41, 5.74) is 5.54. The van der Waals surface area contributed by atoms with E-state index in [1.807, 2.05) is 65.0 Å². The van der Waals surface area contributed by atoms with Crippen LogP contribution in [0.25, 0.3) is 27.4 Å². The Morgan fingerprint density at radius 1 is 0.837 bits per heavy atom. The van der Waals surface area contributed by atoms with Crippen LogP contribution >= 0.6 is 11.3 Å². The number of fused-ring (bicyclic) bond motifs is 2. The second-order valence-corrected chi connectivity index (χ2v) is 26.9. The number of amides is 6. The molecule has 1 radical (unpaired) electrons. The third-order valence-electron chi connectivity index (χ3n) is 18.5. The van der Waals surface area contributed by atoms with Gasteiger partial charge in [0.25, 0.3) is 17.7 Å². The third kappa shape index (κ3) is 14.7. The number of methoxy groups -OCH3 is 2. The quantitative estimate of drug-likeness (QED) is 0.0263. The number of aromatic carboxylic acids is 1. The number of unbranched alkanes of at least 4 members (excludes halogenated alkanes) is 2. The molecule has 0 spiro atoms. The largest absolute Gasteiger partial charge is 0.496 e. The molecule has 4 N–H and O–H groups in total. The molecule has 5 heterocycles. The van der Waals surface area contributed by atoms with E-state index in [1.165, 1.54) is 28.4 Å². The van der Waals surface area contributed by atoms with Crippen LogP contribution in [0.4, 0.5) is 21.4 Å². The Balaban J connectivity index is 0.677. The van der Waals surface area contributed by atoms with Crippen LogP contribution in [-0.4, -0.2) is 149 Å². The van der Waals surface area contributed by atoms with Gasteiger partial charge in [0.15, 0.2) is 10.8 Å². The number of nitrogens with one attached hydrogen (secondary N) is 3. The number of thiazole rings is 1. The average Bonchev–Trinajstić information content (AvgIpc) is 0.724. The van der Waals surface area contributed by atoms with Gasteiger partial charge in [0.05, 0.1) is 42.3 Å². The maximum absolute atomic E-state index is 13.9. The maximum Gasteiger partial charge on any atom is 0.410 e. The molecule has 92 heavy (non-hydrogen) atoms. The van der Waals surface area contributed by atoms with Crippen LogP contribution in [0.3, 0.4) is 0 Å². The van der Waals surface area contributed by atoms with E-state index in [0.717, 1.165) is 71.1 Å². The van der Waals surface area contributed by atoms with Gasteiger partial charge in [-0.25, -0.2) is 19.6 Å². The lowest BCUT2D eigenvalue weighted by atomic mass is 9.39. The first-order chi connectivity index (χ1) is 44.2. The van der Waals surface area contributed by atoms with Gasteiger partial charge in [0, 0.05) is 118 Å². The second kappa shape index (κ2) is 27.6. The van der Waals surface area contributed by atoms with Gasteiger partial charge in [-0.3, -0.25) is 38.9 Å². The minimum Gasteiger partial charge on any atom is -0.496 e. The topological polar surface area (TPSA) is 266 Å². The number of benzene rings is 3. The van der Waals surface area contributed by atoms with E-state index in [1.54, 1.807) is 55.7 Å². The summed E-state index contributed by atoms with van der Waals surface area (Å²) in [6.07, 6.45) is 15.7. The number of carboxylic acids is 1. The van der Waals surface area contributed by atoms with Crippen molar-refractivity contribution in [3.63, 3.8) is 0 Å². The van der Waals surface area contributed by atoms with Crippen LogP contribution in [0.1, 0.15) is 128 Å². The molecule has 2 aliphatic heterocycles. The molecule has 4 saturated carbocycles. The summed E-state index contributed by atoms with van der Waals surface area (Å²) in [7, 11) is 3.20. The number of pyridine rings is 1. The van der Waals surface area contributed by atoms with Crippen LogP contribution in [0, 0.1) is 29.2 Å². The van der Waals surface area contributed by atoms with Crippen molar-refractivity contribution in [3.05, 3.63) is 131 Å². The predicted octanol–water partition coefficient (Wildman–Crippen LogP) is 10.0. The van der Waals surface area contributed by atoms with Gasteiger partial charge in [0.2, 0.25) is 11.8 Å². The Hall–Kier alpha value is -8.80. The van der Waals surface area contributed by atoms with E-state index in [9.17, 15) is 38.7 Å². The molecule has 6 aromatic rings. The predicted molar refractivity (Wildman–Crippen MR) is 347 cm³/mol. The van der Waals surface area contributed by atoms with E-state index < -0.39 is 17.7 Å². The van der Waals surface area contributed by atoms with Crippen LogP contribution in [0.2, 0.25) is 0 Å². The number of nitrogens with zero attached hydrogens (tertiary/aromatic N) is 7. The van der Waals surface area contributed by atoms with Crippen molar-refractivity contribution in [3.8, 4) is 16.9 Å². The van der Waals surface area contributed by atoms with E-state index in [0.29, 0.717) is 117 Å². The molecule has 2 unspecified atom stereocenters. The molecular weight excluding hydrogens is 1190 g/mol. The Bertz CT molecular complexity index is 3810. The zero-order valence-corrected chi connectivity index (χ0v) is 53.6. The smallest absolute Gasteiger partial charge is 0.410 e. The Morgan fingerprint density at radius 2 is 1.62 bits per heavy atom. The number of carboxylic acid groups (broad SMARTS) is 1. The average molecular weight is 1270 g/mol. The number of imide groups is 1. The number of ether oxygens (including phenoxy) is 4. The van der Waals surface area contributed by atoms with Crippen LogP contribution in [-0.2, 0) is 52.9 Å². The molecule has 2 atom stereocenters. The molecule has 6 aliphatic rings. The van der Waals surface area contributed by atoms with Gasteiger partial charge >= 0.3 is 12.1 Å². The first-order valence-electron chi connectivity index (χ1n) is 31.5. The van der Waals surface area contributed by atoms with Crippen LogP contribution in [0.5, 0.6) is 5.75 Å². The number of carbonyl (C=O) groups excluding carboxylic acids is 6. The molecule has 3 aromatic carbocycles. The number of para-hydroxylation sites is 1. The molecule has 6 amide bonds. The molecule has 23 heteroatoms. The lowest BCUT2D eigenvalue weighted by molar-refractivity contribution is -0.248. The first kappa shape index (κ1) is 64.7. The van der Waals surface area contributed by atoms with E-state index in [4.69, 9.17) is 29.0 Å². The fourth-order valence-corrected chi connectivity index (χ4v) is 16.5. The number of rotatable bonds is 28. The standard InChI is InChI=1S/C69H79N10O12S/c1-45-51(49-20-22-56(74-61(49)63(85)86)77-29-26-48-52(37-77)50(19-21-54(48)89-5)62(84)75-64-73-53-16-8-9-17-55(53)92-64)36-71-79(45)44-68-39-66(2)38-67(3,40-68)42-69(41-66,43-68)91-34-31-76(30-33-88-4)65(87)90-32-12-14-46-13-11-15-47(35-46)72-58(81)25-27-70-57(80)18-7-6-10-28-78-59(82)23-24-60(78)83/h8-9,11-14,16-17,19-24,35-36H,6-7,10,18,25-34,37-44H2,1-5H3,(H,70,80)(H,72,81)(H,85,86)(H,73,75,84)/b14-12+. The number of anilines is 3. The number of aromatic nitrogens is 4. The van der Waals surface area contributed by atoms with Crippen molar-refractivity contribution >= 4 is 85.9 Å². The SMILES string of the molecule is COCCN(CCOC12CC3(C)CC(C)(CC(Cn4ncc(-c5ccc(N6CCc7c(OC)ccc(C(=O)Nc8nc9ccccc9s8)c7C6)nc5C(=O)O)c4C)(C3)C1)C2)C(=O)OC/C=C/c1cc[c]c(NC(=O)CCNC(=O)CCCCCN2C(=O)C=CC2=O)c1. The second-order valence-electron chi connectivity index (χ2n) is 25.9. The first-order valence-corrected chi connectivity index (χ1v) is 32.3. The highest BCUT2D eigenvalue weighted by Gasteiger charge is 2.66. The highest BCUT2D eigenvalue weighted by Crippen LogP contribution is 2.72. The van der Waals surface area contributed by atoms with Gasteiger partial charge in [-0.05, 0) is 141 Å². The zero-order chi connectivity index (χ0) is 64.8. The highest BCUT2D eigenvalue weighted by atomic mass is 32.1. The summed E-state index contributed by atoms with van der Waals surface area (Å²) < 4.78 is 27.0. The Kier molecular flexibility index (Phi) is 19.4. The van der Waals surface area contributed by atoms with E-state index >= 15 is 0 Å². The van der Waals surface area contributed by atoms with Gasteiger partial charge < -0.3 is 44.5 Å². The van der Waals surface area contributed by atoms with Crippen molar-refractivity contribution in [2.75, 3.05) is 82.3 Å². The van der Waals surface area contributed by atoms with Crippen molar-refractivity contribution < 1.29 is 57.6 Å². The number of hydrogen-bond donors (Lipinski definition) is 4. The number of carbonyl (C=O) groups is 7. The lowest BCUT2D eigenvalue weighted by Gasteiger charge is -2.69. The molecule has 22 nitrogen and oxygen atoms in total. The van der Waals surface area contributed by atoms with Gasteiger partial charge in [-0.2, -0.15) is 5.10 Å². The Labute approximate surface area is 538 Å². The van der Waals surface area contributed by atoms with Crippen LogP contribution < -0.4 is 25.6 Å².